The molecule has 0 N–H and O–H groups in total. The minimum absolute atomic E-state index is 0.00238. The van der Waals surface area contributed by atoms with Crippen LogP contribution in [0.25, 0.3) is 0 Å². The van der Waals surface area contributed by atoms with Crippen molar-refractivity contribution >= 4 is 27.3 Å². The first-order chi connectivity index (χ1) is 10.9. The highest BCUT2D eigenvalue weighted by Crippen LogP contribution is 2.31. The van der Waals surface area contributed by atoms with E-state index in [0.29, 0.717) is 0 Å². The molecule has 6 nitrogen and oxygen atoms in total. The van der Waals surface area contributed by atoms with Crippen LogP contribution in [-0.4, -0.2) is 19.1 Å². The zero-order valence-corrected chi connectivity index (χ0v) is 13.5. The third-order valence-corrected chi connectivity index (χ3v) is 5.95. The van der Waals surface area contributed by atoms with Gasteiger partial charge in [0.25, 0.3) is 5.69 Å². The predicted octanol–water partition coefficient (Wildman–Crippen LogP) is 3.32. The van der Waals surface area contributed by atoms with Crippen molar-refractivity contribution in [2.75, 3.05) is 5.75 Å². The molecule has 0 radical (unpaired) electrons. The van der Waals surface area contributed by atoms with Gasteiger partial charge in [-0.1, -0.05) is 30.3 Å². The SMILES string of the molecule is N#CSC(CS(=O)(=O)c1ccc([N+](=O)[O-])cc1)c1ccccc1. The van der Waals surface area contributed by atoms with Gasteiger partial charge in [-0.25, -0.2) is 8.42 Å². The number of nitrogens with zero attached hydrogens (tertiary/aromatic N) is 2. The van der Waals surface area contributed by atoms with Crippen LogP contribution in [0.15, 0.2) is 59.5 Å². The first-order valence-corrected chi connectivity index (χ1v) is 9.04. The summed E-state index contributed by atoms with van der Waals surface area (Å²) in [6.07, 6.45) is 0. The molecule has 118 valence electrons. The number of nitriles is 1. The third kappa shape index (κ3) is 4.31. The largest absolute Gasteiger partial charge is 0.269 e. The molecule has 1 unspecified atom stereocenters. The number of nitro benzene ring substituents is 1. The number of hydrogen-bond donors (Lipinski definition) is 0. The fraction of sp³-hybridized carbons (Fsp3) is 0.133. The van der Waals surface area contributed by atoms with Crippen LogP contribution in [-0.2, 0) is 9.84 Å². The van der Waals surface area contributed by atoms with Gasteiger partial charge in [0.05, 0.1) is 20.8 Å². The molecule has 0 saturated carbocycles. The zero-order valence-electron chi connectivity index (χ0n) is 11.8. The van der Waals surface area contributed by atoms with Crippen molar-refractivity contribution in [3.05, 3.63) is 70.3 Å². The molecule has 0 aliphatic rings. The summed E-state index contributed by atoms with van der Waals surface area (Å²) in [6, 6.07) is 13.6. The molecule has 0 bridgehead atoms. The van der Waals surface area contributed by atoms with E-state index in [2.05, 4.69) is 0 Å². The summed E-state index contributed by atoms with van der Waals surface area (Å²) in [7, 11) is -3.67. The molecular weight excluding hydrogens is 336 g/mol. The second-order valence-corrected chi connectivity index (χ2v) is 7.66. The molecule has 2 rings (SSSR count). The maximum absolute atomic E-state index is 12.5. The van der Waals surface area contributed by atoms with E-state index >= 15 is 0 Å². The minimum atomic E-state index is -3.67. The van der Waals surface area contributed by atoms with Gasteiger partial charge in [-0.15, -0.1) is 0 Å². The van der Waals surface area contributed by atoms with E-state index in [1.807, 2.05) is 11.5 Å². The van der Waals surface area contributed by atoms with Crippen molar-refractivity contribution in [2.24, 2.45) is 0 Å². The van der Waals surface area contributed by atoms with Crippen LogP contribution in [0.4, 0.5) is 5.69 Å². The van der Waals surface area contributed by atoms with E-state index in [-0.39, 0.29) is 16.3 Å². The topological polar surface area (TPSA) is 101 Å². The van der Waals surface area contributed by atoms with Crippen LogP contribution in [0.5, 0.6) is 0 Å². The van der Waals surface area contributed by atoms with Gasteiger partial charge in [-0.2, -0.15) is 5.26 Å². The summed E-state index contributed by atoms with van der Waals surface area (Å²) >= 11 is 0.877. The number of non-ortho nitro benzene ring substituents is 1. The number of nitro groups is 1. The van der Waals surface area contributed by atoms with Crippen LogP contribution in [0.3, 0.4) is 0 Å². The van der Waals surface area contributed by atoms with Crippen molar-refractivity contribution in [3.8, 4) is 5.40 Å². The van der Waals surface area contributed by atoms with Crippen molar-refractivity contribution in [2.45, 2.75) is 10.1 Å². The van der Waals surface area contributed by atoms with Gasteiger partial charge in [0.15, 0.2) is 9.84 Å². The van der Waals surface area contributed by atoms with E-state index in [0.717, 1.165) is 29.5 Å². The monoisotopic (exact) mass is 348 g/mol. The highest BCUT2D eigenvalue weighted by molar-refractivity contribution is 8.04. The van der Waals surface area contributed by atoms with Crippen molar-refractivity contribution in [3.63, 3.8) is 0 Å². The maximum atomic E-state index is 12.5. The number of thioether (sulfide) groups is 1. The molecule has 2 aromatic rings. The molecule has 0 aliphatic carbocycles. The molecule has 0 aliphatic heterocycles. The van der Waals surface area contributed by atoms with Gasteiger partial charge in [0.1, 0.15) is 5.40 Å². The lowest BCUT2D eigenvalue weighted by Gasteiger charge is -2.13. The van der Waals surface area contributed by atoms with Crippen molar-refractivity contribution in [1.29, 1.82) is 5.26 Å². The van der Waals surface area contributed by atoms with Crippen LogP contribution in [0.2, 0.25) is 0 Å². The number of benzene rings is 2. The average Bonchev–Trinajstić information content (AvgIpc) is 2.55. The number of rotatable bonds is 6. The first kappa shape index (κ1) is 17.0. The zero-order chi connectivity index (χ0) is 16.9. The summed E-state index contributed by atoms with van der Waals surface area (Å²) < 4.78 is 25.0. The van der Waals surface area contributed by atoms with Gasteiger partial charge in [-0.3, -0.25) is 10.1 Å². The standard InChI is InChI=1S/C15H12N2O4S2/c16-11-22-15(12-4-2-1-3-5-12)10-23(20,21)14-8-6-13(7-9-14)17(18)19/h1-9,15H,10H2. The average molecular weight is 348 g/mol. The van der Waals surface area contributed by atoms with Gasteiger partial charge < -0.3 is 0 Å². The minimum Gasteiger partial charge on any atom is -0.258 e. The quantitative estimate of drug-likeness (QED) is 0.451. The summed E-state index contributed by atoms with van der Waals surface area (Å²) in [5.74, 6) is -0.257. The van der Waals surface area contributed by atoms with Gasteiger partial charge in [-0.05, 0) is 29.5 Å². The fourth-order valence-corrected chi connectivity index (χ4v) is 4.56. The molecule has 0 heterocycles. The van der Waals surface area contributed by atoms with E-state index in [9.17, 15) is 18.5 Å². The molecule has 23 heavy (non-hydrogen) atoms. The molecule has 0 saturated heterocycles. The Balaban J connectivity index is 2.28. The van der Waals surface area contributed by atoms with Gasteiger partial charge >= 0.3 is 0 Å². The Bertz CT molecular complexity index is 828. The Hall–Kier alpha value is -2.37. The molecule has 0 amide bonds. The number of hydrogen-bond acceptors (Lipinski definition) is 6. The molecule has 0 spiro atoms. The van der Waals surface area contributed by atoms with Crippen LogP contribution in [0.1, 0.15) is 10.8 Å². The Morgan fingerprint density at radius 1 is 1.13 bits per heavy atom. The Morgan fingerprint density at radius 3 is 2.26 bits per heavy atom. The lowest BCUT2D eigenvalue weighted by Crippen LogP contribution is -2.13. The Labute approximate surface area is 137 Å². The molecular formula is C15H12N2O4S2. The summed E-state index contributed by atoms with van der Waals surface area (Å²) in [5.41, 5.74) is 0.569. The fourth-order valence-electron chi connectivity index (χ4n) is 2.00. The molecule has 0 aromatic heterocycles. The van der Waals surface area contributed by atoms with Crippen LogP contribution >= 0.6 is 11.8 Å². The first-order valence-electron chi connectivity index (χ1n) is 6.51. The summed E-state index contributed by atoms with van der Waals surface area (Å²) in [6.45, 7) is 0. The predicted molar refractivity (Wildman–Crippen MR) is 87.5 cm³/mol. The lowest BCUT2D eigenvalue weighted by molar-refractivity contribution is -0.384. The van der Waals surface area contributed by atoms with E-state index < -0.39 is 20.0 Å². The van der Waals surface area contributed by atoms with Gasteiger partial charge in [0.2, 0.25) is 0 Å². The number of sulfone groups is 1. The smallest absolute Gasteiger partial charge is 0.258 e. The summed E-state index contributed by atoms with van der Waals surface area (Å²) in [5, 5.41) is 20.9. The van der Waals surface area contributed by atoms with Crippen LogP contribution < -0.4 is 0 Å². The maximum Gasteiger partial charge on any atom is 0.269 e. The highest BCUT2D eigenvalue weighted by Gasteiger charge is 2.24. The second-order valence-electron chi connectivity index (χ2n) is 4.64. The highest BCUT2D eigenvalue weighted by atomic mass is 32.2. The third-order valence-electron chi connectivity index (χ3n) is 3.14. The van der Waals surface area contributed by atoms with E-state index in [1.165, 1.54) is 12.1 Å². The molecule has 1 atom stereocenters. The summed E-state index contributed by atoms with van der Waals surface area (Å²) in [4.78, 5) is 10.0. The normalized spacial score (nSPS) is 12.3. The van der Waals surface area contributed by atoms with E-state index in [4.69, 9.17) is 5.26 Å². The van der Waals surface area contributed by atoms with Gasteiger partial charge in [0, 0.05) is 12.1 Å². The lowest BCUT2D eigenvalue weighted by atomic mass is 10.2. The molecule has 8 heteroatoms. The molecule has 0 fully saturated rings. The Morgan fingerprint density at radius 2 is 1.74 bits per heavy atom. The number of thiocyanates is 1. The Kier molecular flexibility index (Phi) is 5.36. The van der Waals surface area contributed by atoms with Crippen LogP contribution in [0, 0.1) is 20.8 Å². The van der Waals surface area contributed by atoms with Crippen molar-refractivity contribution < 1.29 is 13.3 Å². The second kappa shape index (κ2) is 7.26. The molecule has 2 aromatic carbocycles. The van der Waals surface area contributed by atoms with E-state index in [1.54, 1.807) is 24.3 Å². The van der Waals surface area contributed by atoms with Crippen molar-refractivity contribution in [1.82, 2.24) is 0 Å².